The zero-order valence-corrected chi connectivity index (χ0v) is 17.9. The van der Waals surface area contributed by atoms with Gasteiger partial charge in [0.1, 0.15) is 5.75 Å². The molecule has 1 heterocycles. The van der Waals surface area contributed by atoms with Gasteiger partial charge in [-0.25, -0.2) is 9.97 Å². The second kappa shape index (κ2) is 8.72. The van der Waals surface area contributed by atoms with E-state index < -0.39 is 0 Å². The molecule has 0 amide bonds. The van der Waals surface area contributed by atoms with Crippen molar-refractivity contribution in [2.24, 2.45) is 11.5 Å². The normalized spacial score (nSPS) is 21.9. The minimum atomic E-state index is -0.256. The number of hydrogen-bond donors (Lipinski definition) is 2. The van der Waals surface area contributed by atoms with Crippen LogP contribution in [0.5, 0.6) is 5.75 Å². The van der Waals surface area contributed by atoms with Crippen LogP contribution in [-0.2, 0) is 0 Å². The highest BCUT2D eigenvalue weighted by atomic mass is 35.5. The van der Waals surface area contributed by atoms with Gasteiger partial charge >= 0.3 is 0 Å². The molecule has 6 heteroatoms. The van der Waals surface area contributed by atoms with Crippen molar-refractivity contribution in [1.29, 1.82) is 0 Å². The Labute approximate surface area is 182 Å². The summed E-state index contributed by atoms with van der Waals surface area (Å²) in [7, 11) is 1.68. The Balaban J connectivity index is 1.71. The molecule has 0 unspecified atom stereocenters. The minimum Gasteiger partial charge on any atom is -0.497 e. The maximum Gasteiger partial charge on any atom is 0.152 e. The van der Waals surface area contributed by atoms with Gasteiger partial charge in [0.25, 0.3) is 0 Å². The lowest BCUT2D eigenvalue weighted by molar-refractivity contribution is 0.278. The molecule has 2 aromatic carbocycles. The van der Waals surface area contributed by atoms with Crippen LogP contribution in [0.2, 0.25) is 5.02 Å². The summed E-state index contributed by atoms with van der Waals surface area (Å²) in [6, 6.07) is 13.7. The fourth-order valence-electron chi connectivity index (χ4n) is 4.08. The van der Waals surface area contributed by atoms with E-state index in [0.29, 0.717) is 18.3 Å². The quantitative estimate of drug-likeness (QED) is 0.618. The number of nitrogens with two attached hydrogens (primary N) is 2. The molecule has 3 aromatic rings. The molecule has 4 rings (SSSR count). The molecular formula is C24H27ClN4O. The molecule has 156 valence electrons. The Morgan fingerprint density at radius 1 is 1.10 bits per heavy atom. The van der Waals surface area contributed by atoms with Gasteiger partial charge in [0.05, 0.1) is 18.3 Å². The van der Waals surface area contributed by atoms with Crippen molar-refractivity contribution in [3.63, 3.8) is 0 Å². The number of rotatable bonds is 5. The van der Waals surface area contributed by atoms with Crippen molar-refractivity contribution in [3.8, 4) is 5.75 Å². The maximum atomic E-state index is 6.41. The lowest BCUT2D eigenvalue weighted by Crippen LogP contribution is -2.49. The second-order valence-corrected chi connectivity index (χ2v) is 8.51. The van der Waals surface area contributed by atoms with Gasteiger partial charge in [0, 0.05) is 28.4 Å². The number of aromatic nitrogens is 2. The average molecular weight is 423 g/mol. The molecule has 30 heavy (non-hydrogen) atoms. The molecule has 4 N–H and O–H groups in total. The van der Waals surface area contributed by atoms with E-state index in [1.165, 1.54) is 0 Å². The van der Waals surface area contributed by atoms with E-state index in [4.69, 9.17) is 37.8 Å². The predicted octanol–water partition coefficient (Wildman–Crippen LogP) is 4.78. The van der Waals surface area contributed by atoms with Gasteiger partial charge < -0.3 is 16.2 Å². The molecule has 1 aromatic heterocycles. The first-order valence-electron chi connectivity index (χ1n) is 10.3. The van der Waals surface area contributed by atoms with Crippen LogP contribution in [0.15, 0.2) is 42.5 Å². The summed E-state index contributed by atoms with van der Waals surface area (Å²) in [4.78, 5) is 9.71. The number of fused-ring (bicyclic) bond motifs is 1. The summed E-state index contributed by atoms with van der Waals surface area (Å²) in [6.07, 6.45) is 7.70. The lowest BCUT2D eigenvalue weighted by Gasteiger charge is -2.36. The maximum absolute atomic E-state index is 6.41. The zero-order valence-electron chi connectivity index (χ0n) is 17.1. The second-order valence-electron chi connectivity index (χ2n) is 8.08. The van der Waals surface area contributed by atoms with E-state index in [9.17, 15) is 0 Å². The van der Waals surface area contributed by atoms with Gasteiger partial charge in [0.2, 0.25) is 0 Å². The molecule has 5 nitrogen and oxygen atoms in total. The van der Waals surface area contributed by atoms with Crippen molar-refractivity contribution in [3.05, 3.63) is 64.6 Å². The van der Waals surface area contributed by atoms with E-state index in [-0.39, 0.29) is 5.54 Å². The summed E-state index contributed by atoms with van der Waals surface area (Å²) in [5, 5.41) is 1.76. The highest BCUT2D eigenvalue weighted by Gasteiger charge is 2.32. The smallest absolute Gasteiger partial charge is 0.152 e. The Bertz CT molecular complexity index is 1060. The van der Waals surface area contributed by atoms with Crippen LogP contribution in [0.4, 0.5) is 0 Å². The van der Waals surface area contributed by atoms with E-state index in [1.54, 1.807) is 7.11 Å². The number of hydrogen-bond acceptors (Lipinski definition) is 5. The number of benzene rings is 2. The van der Waals surface area contributed by atoms with Gasteiger partial charge in [0.15, 0.2) is 5.82 Å². The monoisotopic (exact) mass is 422 g/mol. The largest absolute Gasteiger partial charge is 0.497 e. The number of halogens is 1. The van der Waals surface area contributed by atoms with Crippen molar-refractivity contribution >= 4 is 34.7 Å². The molecule has 0 saturated heterocycles. The topological polar surface area (TPSA) is 87.0 Å². The number of methoxy groups -OCH3 is 1. The van der Waals surface area contributed by atoms with Crippen molar-refractivity contribution in [1.82, 2.24) is 9.97 Å². The Morgan fingerprint density at radius 2 is 1.83 bits per heavy atom. The molecular weight excluding hydrogens is 396 g/mol. The van der Waals surface area contributed by atoms with Crippen LogP contribution in [0.3, 0.4) is 0 Å². The van der Waals surface area contributed by atoms with Gasteiger partial charge in [-0.05, 0) is 67.7 Å². The summed E-state index contributed by atoms with van der Waals surface area (Å²) >= 11 is 5.98. The third-order valence-electron chi connectivity index (χ3n) is 6.02. The molecule has 0 radical (unpaired) electrons. The average Bonchev–Trinajstić information content (AvgIpc) is 2.78. The molecule has 1 aliphatic carbocycles. The van der Waals surface area contributed by atoms with Crippen LogP contribution in [0, 0.1) is 0 Å². The molecule has 0 atom stereocenters. The number of ether oxygens (including phenoxy) is 1. The Morgan fingerprint density at radius 3 is 2.50 bits per heavy atom. The fraction of sp³-hybridized carbons (Fsp3) is 0.333. The molecule has 1 fully saturated rings. The van der Waals surface area contributed by atoms with Gasteiger partial charge in [-0.1, -0.05) is 29.8 Å². The van der Waals surface area contributed by atoms with E-state index in [0.717, 1.165) is 58.6 Å². The van der Waals surface area contributed by atoms with Crippen LogP contribution in [0.1, 0.15) is 48.7 Å². The minimum absolute atomic E-state index is 0.256. The predicted molar refractivity (Wildman–Crippen MR) is 124 cm³/mol. The van der Waals surface area contributed by atoms with Crippen molar-refractivity contribution in [2.45, 2.75) is 37.1 Å². The highest BCUT2D eigenvalue weighted by molar-refractivity contribution is 6.30. The summed E-state index contributed by atoms with van der Waals surface area (Å²) in [5.41, 5.74) is 15.1. The van der Waals surface area contributed by atoms with E-state index in [1.807, 2.05) is 54.6 Å². The van der Waals surface area contributed by atoms with Gasteiger partial charge in [-0.3, -0.25) is 0 Å². The van der Waals surface area contributed by atoms with Crippen molar-refractivity contribution < 1.29 is 4.74 Å². The standard InChI is InChI=1S/C24H27ClN4O/c1-30-19-7-8-21-20(14-19)23(17-10-12-24(27,15-26)13-11-17)29-22(28-21)9-4-16-2-5-18(25)6-3-16/h2-9,14,17H,10-13,15,26-27H2,1H3. The van der Waals surface area contributed by atoms with Crippen LogP contribution < -0.4 is 16.2 Å². The highest BCUT2D eigenvalue weighted by Crippen LogP contribution is 2.39. The SMILES string of the molecule is COc1ccc2nc(C=Cc3ccc(Cl)cc3)nc(C3CCC(N)(CN)CC3)c2c1. The molecule has 0 aliphatic heterocycles. The number of nitrogens with zero attached hydrogens (tertiary/aromatic N) is 2. The van der Waals surface area contributed by atoms with Crippen LogP contribution in [-0.4, -0.2) is 29.2 Å². The Hall–Kier alpha value is -2.47. The zero-order chi connectivity index (χ0) is 21.1. The molecule has 0 bridgehead atoms. The Kier molecular flexibility index (Phi) is 6.04. The van der Waals surface area contributed by atoms with Gasteiger partial charge in [-0.2, -0.15) is 0 Å². The lowest BCUT2D eigenvalue weighted by atomic mass is 9.75. The molecule has 1 saturated carbocycles. The van der Waals surface area contributed by atoms with E-state index in [2.05, 4.69) is 0 Å². The first kappa shape index (κ1) is 20.8. The van der Waals surface area contributed by atoms with E-state index >= 15 is 0 Å². The summed E-state index contributed by atoms with van der Waals surface area (Å²) in [6.45, 7) is 0.521. The fourth-order valence-corrected chi connectivity index (χ4v) is 4.20. The third-order valence-corrected chi connectivity index (χ3v) is 6.27. The molecule has 0 spiro atoms. The summed E-state index contributed by atoms with van der Waals surface area (Å²) < 4.78 is 5.44. The summed E-state index contributed by atoms with van der Waals surface area (Å²) in [5.74, 6) is 1.83. The van der Waals surface area contributed by atoms with Crippen molar-refractivity contribution in [2.75, 3.05) is 13.7 Å². The van der Waals surface area contributed by atoms with Gasteiger partial charge in [-0.15, -0.1) is 0 Å². The first-order valence-corrected chi connectivity index (χ1v) is 10.7. The van der Waals surface area contributed by atoms with Crippen LogP contribution >= 0.6 is 11.6 Å². The molecule has 1 aliphatic rings. The van der Waals surface area contributed by atoms with Crippen LogP contribution in [0.25, 0.3) is 23.1 Å². The third kappa shape index (κ3) is 4.48. The first-order chi connectivity index (χ1) is 14.5.